The number of rotatable bonds is 11. The molecule has 0 fully saturated rings. The van der Waals surface area contributed by atoms with E-state index in [9.17, 15) is 14.4 Å². The molecule has 0 heterocycles. The van der Waals surface area contributed by atoms with Gasteiger partial charge in [0.1, 0.15) is 0 Å². The van der Waals surface area contributed by atoms with Gasteiger partial charge in [-0.3, -0.25) is 9.59 Å². The monoisotopic (exact) mass is 696 g/mol. The number of aldehydes is 1. The predicted molar refractivity (Wildman–Crippen MR) is 163 cm³/mol. The maximum absolute atomic E-state index is 12.8. The van der Waals surface area contributed by atoms with E-state index in [0.29, 0.717) is 23.1 Å². The van der Waals surface area contributed by atoms with Crippen molar-refractivity contribution >= 4 is 56.7 Å². The Hall–Kier alpha value is -3.34. The van der Waals surface area contributed by atoms with Crippen LogP contribution in [-0.4, -0.2) is 29.8 Å². The highest BCUT2D eigenvalue weighted by molar-refractivity contribution is 14.1. The number of hydroxylamine groups is 2. The van der Waals surface area contributed by atoms with Crippen molar-refractivity contribution in [3.63, 3.8) is 0 Å². The van der Waals surface area contributed by atoms with Crippen LogP contribution in [0.3, 0.4) is 0 Å². The second-order valence-corrected chi connectivity index (χ2v) is 10.9. The molecule has 0 radical (unpaired) electrons. The van der Waals surface area contributed by atoms with E-state index >= 15 is 0 Å². The standard InChI is InChI=1S/C31H26BrIN2O4/c32-29-18-26(31(38)34-17-16-22-6-10-25(11-7-22)24-4-2-1-3-5-24)12-13-27(29)20-35(39-30(37)21-36)19-23-8-14-28(33)15-9-23/h1-15,18,21H,16-17,19-20H2,(H,34,38). The summed E-state index contributed by atoms with van der Waals surface area (Å²) < 4.78 is 1.78. The molecule has 0 unspecified atom stereocenters. The van der Waals surface area contributed by atoms with Gasteiger partial charge in [-0.1, -0.05) is 88.7 Å². The fourth-order valence-corrected chi connectivity index (χ4v) is 4.85. The molecule has 0 aromatic heterocycles. The Balaban J connectivity index is 1.33. The molecule has 8 heteroatoms. The maximum atomic E-state index is 12.8. The number of nitrogens with one attached hydrogen (secondary N) is 1. The zero-order valence-corrected chi connectivity index (χ0v) is 24.7. The van der Waals surface area contributed by atoms with Crippen LogP contribution in [-0.2, 0) is 33.9 Å². The van der Waals surface area contributed by atoms with Crippen molar-refractivity contribution < 1.29 is 19.2 Å². The minimum Gasteiger partial charge on any atom is -0.361 e. The predicted octanol–water partition coefficient (Wildman–Crippen LogP) is 6.35. The first-order chi connectivity index (χ1) is 18.9. The van der Waals surface area contributed by atoms with Crippen LogP contribution in [0.25, 0.3) is 11.1 Å². The molecule has 4 aromatic carbocycles. The fraction of sp³-hybridized carbons (Fsp3) is 0.129. The van der Waals surface area contributed by atoms with E-state index in [-0.39, 0.29) is 18.7 Å². The number of carbonyl (C=O) groups excluding carboxylic acids is 3. The Morgan fingerprint density at radius 3 is 2.18 bits per heavy atom. The molecule has 4 aromatic rings. The van der Waals surface area contributed by atoms with Crippen LogP contribution in [0.4, 0.5) is 0 Å². The summed E-state index contributed by atoms with van der Waals surface area (Å²) >= 11 is 5.75. The third kappa shape index (κ3) is 8.58. The van der Waals surface area contributed by atoms with E-state index in [1.54, 1.807) is 18.2 Å². The molecular formula is C31H26BrIN2O4. The minimum atomic E-state index is -0.970. The topological polar surface area (TPSA) is 75.7 Å². The Bertz CT molecular complexity index is 1430. The van der Waals surface area contributed by atoms with E-state index < -0.39 is 5.97 Å². The molecule has 4 rings (SSSR count). The number of amides is 1. The van der Waals surface area contributed by atoms with Crippen LogP contribution in [0.2, 0.25) is 0 Å². The molecule has 198 valence electrons. The van der Waals surface area contributed by atoms with E-state index in [4.69, 9.17) is 4.84 Å². The van der Waals surface area contributed by atoms with Crippen molar-refractivity contribution in [2.75, 3.05) is 6.54 Å². The Morgan fingerprint density at radius 2 is 1.51 bits per heavy atom. The summed E-state index contributed by atoms with van der Waals surface area (Å²) in [7, 11) is 0. The molecule has 1 amide bonds. The van der Waals surface area contributed by atoms with E-state index in [1.165, 1.54) is 10.6 Å². The third-order valence-corrected chi connectivity index (χ3v) is 7.47. The Kier molecular flexibility index (Phi) is 10.4. The van der Waals surface area contributed by atoms with Crippen molar-refractivity contribution in [3.8, 4) is 11.1 Å². The van der Waals surface area contributed by atoms with E-state index in [1.807, 2.05) is 42.5 Å². The van der Waals surface area contributed by atoms with Gasteiger partial charge >= 0.3 is 5.97 Å². The lowest BCUT2D eigenvalue weighted by atomic mass is 10.0. The zero-order valence-electron chi connectivity index (χ0n) is 21.0. The van der Waals surface area contributed by atoms with Gasteiger partial charge in [-0.15, -0.1) is 5.06 Å². The van der Waals surface area contributed by atoms with Gasteiger partial charge in [-0.2, -0.15) is 0 Å². The van der Waals surface area contributed by atoms with Crippen LogP contribution < -0.4 is 5.32 Å². The van der Waals surface area contributed by atoms with Gasteiger partial charge < -0.3 is 10.2 Å². The first-order valence-electron chi connectivity index (χ1n) is 12.3. The van der Waals surface area contributed by atoms with E-state index in [2.05, 4.69) is 80.2 Å². The molecule has 6 nitrogen and oxygen atoms in total. The first kappa shape index (κ1) is 28.7. The lowest BCUT2D eigenvalue weighted by molar-refractivity contribution is -0.195. The summed E-state index contributed by atoms with van der Waals surface area (Å²) in [5.41, 5.74) is 5.71. The van der Waals surface area contributed by atoms with Gasteiger partial charge in [-0.05, 0) is 81.1 Å². The summed E-state index contributed by atoms with van der Waals surface area (Å²) in [4.78, 5) is 40.5. The number of carbonyl (C=O) groups is 3. The summed E-state index contributed by atoms with van der Waals surface area (Å²) in [5, 5.41) is 4.39. The van der Waals surface area contributed by atoms with Gasteiger partial charge in [0.15, 0.2) is 0 Å². The van der Waals surface area contributed by atoms with E-state index in [0.717, 1.165) is 32.2 Å². The van der Waals surface area contributed by atoms with Crippen LogP contribution in [0.1, 0.15) is 27.0 Å². The minimum absolute atomic E-state index is 0.140. The van der Waals surface area contributed by atoms with Gasteiger partial charge in [0.2, 0.25) is 6.29 Å². The number of benzene rings is 4. The molecule has 0 aliphatic heterocycles. The van der Waals surface area contributed by atoms with Crippen LogP contribution >= 0.6 is 38.5 Å². The highest BCUT2D eigenvalue weighted by Crippen LogP contribution is 2.22. The molecule has 0 spiro atoms. The molecular weight excluding hydrogens is 671 g/mol. The first-order valence-corrected chi connectivity index (χ1v) is 14.2. The molecule has 0 aliphatic carbocycles. The van der Waals surface area contributed by atoms with Crippen LogP contribution in [0, 0.1) is 3.57 Å². The van der Waals surface area contributed by atoms with Gasteiger partial charge in [0.25, 0.3) is 5.91 Å². The number of hydrogen-bond acceptors (Lipinski definition) is 5. The Morgan fingerprint density at radius 1 is 0.846 bits per heavy atom. The van der Waals surface area contributed by atoms with Crippen LogP contribution in [0.5, 0.6) is 0 Å². The van der Waals surface area contributed by atoms with Crippen molar-refractivity contribution in [2.45, 2.75) is 19.5 Å². The smallest absolute Gasteiger partial charge is 0.361 e. The molecule has 0 saturated heterocycles. The number of nitrogens with zero attached hydrogens (tertiary/aromatic N) is 1. The molecule has 1 N–H and O–H groups in total. The second kappa shape index (κ2) is 14.2. The number of hydrogen-bond donors (Lipinski definition) is 1. The maximum Gasteiger partial charge on any atom is 0.390 e. The molecule has 0 aliphatic rings. The average molecular weight is 697 g/mol. The summed E-state index contributed by atoms with van der Waals surface area (Å²) in [5.74, 6) is -1.14. The van der Waals surface area contributed by atoms with Gasteiger partial charge in [0, 0.05) is 20.2 Å². The van der Waals surface area contributed by atoms with Crippen LogP contribution in [0.15, 0.2) is 102 Å². The van der Waals surface area contributed by atoms with Crippen molar-refractivity contribution in [1.82, 2.24) is 10.4 Å². The molecule has 0 bridgehead atoms. The van der Waals surface area contributed by atoms with Gasteiger partial charge in [-0.25, -0.2) is 4.79 Å². The lowest BCUT2D eigenvalue weighted by Gasteiger charge is -2.21. The highest BCUT2D eigenvalue weighted by Gasteiger charge is 2.16. The quantitative estimate of drug-likeness (QED) is 0.0856. The highest BCUT2D eigenvalue weighted by atomic mass is 127. The summed E-state index contributed by atoms with van der Waals surface area (Å²) in [6.45, 7) is 1.04. The fourth-order valence-electron chi connectivity index (χ4n) is 3.99. The molecule has 0 atom stereocenters. The SMILES string of the molecule is O=CC(=O)ON(Cc1ccc(I)cc1)Cc1ccc(C(=O)NCCc2ccc(-c3ccccc3)cc2)cc1Br. The summed E-state index contributed by atoms with van der Waals surface area (Å²) in [6, 6.07) is 31.6. The van der Waals surface area contributed by atoms with Crippen molar-refractivity contribution in [3.05, 3.63) is 127 Å². The lowest BCUT2D eigenvalue weighted by Crippen LogP contribution is -2.28. The summed E-state index contributed by atoms with van der Waals surface area (Å²) in [6.07, 6.45) is 0.858. The van der Waals surface area contributed by atoms with Gasteiger partial charge in [0.05, 0.1) is 13.1 Å². The Labute approximate surface area is 249 Å². The third-order valence-electron chi connectivity index (χ3n) is 6.01. The molecule has 0 saturated carbocycles. The normalized spacial score (nSPS) is 10.7. The van der Waals surface area contributed by atoms with Crippen molar-refractivity contribution in [2.24, 2.45) is 0 Å². The zero-order chi connectivity index (χ0) is 27.6. The van der Waals surface area contributed by atoms with Crippen molar-refractivity contribution in [1.29, 1.82) is 0 Å². The molecule has 39 heavy (non-hydrogen) atoms. The average Bonchev–Trinajstić information content (AvgIpc) is 2.96. The second-order valence-electron chi connectivity index (χ2n) is 8.83. The number of halogens is 2. The largest absolute Gasteiger partial charge is 0.390 e.